The lowest BCUT2D eigenvalue weighted by Gasteiger charge is -2.37. The largest absolute Gasteiger partial charge is 0.373 e. The van der Waals surface area contributed by atoms with E-state index in [0.717, 1.165) is 24.0 Å². The fourth-order valence-corrected chi connectivity index (χ4v) is 3.27. The van der Waals surface area contributed by atoms with Gasteiger partial charge >= 0.3 is 0 Å². The third-order valence-corrected chi connectivity index (χ3v) is 4.35. The summed E-state index contributed by atoms with van der Waals surface area (Å²) in [6.45, 7) is 3.22. The van der Waals surface area contributed by atoms with Crippen molar-refractivity contribution in [2.24, 2.45) is 0 Å². The Morgan fingerprint density at radius 2 is 2.29 bits per heavy atom. The van der Waals surface area contributed by atoms with Gasteiger partial charge < -0.3 is 15.0 Å². The highest BCUT2D eigenvalue weighted by atomic mass is 16.5. The van der Waals surface area contributed by atoms with Crippen molar-refractivity contribution in [2.75, 3.05) is 26.2 Å². The molecule has 6 nitrogen and oxygen atoms in total. The zero-order valence-corrected chi connectivity index (χ0v) is 11.7. The van der Waals surface area contributed by atoms with Crippen molar-refractivity contribution in [3.8, 4) is 0 Å². The minimum absolute atomic E-state index is 0.117. The van der Waals surface area contributed by atoms with Crippen LogP contribution in [0.3, 0.4) is 0 Å². The summed E-state index contributed by atoms with van der Waals surface area (Å²) in [7, 11) is 0. The van der Waals surface area contributed by atoms with Gasteiger partial charge in [0.25, 0.3) is 0 Å². The zero-order chi connectivity index (χ0) is 14.2. The number of hydrogen-bond acceptors (Lipinski definition) is 4. The van der Waals surface area contributed by atoms with Gasteiger partial charge in [0.15, 0.2) is 0 Å². The predicted molar refractivity (Wildman–Crippen MR) is 77.8 cm³/mol. The summed E-state index contributed by atoms with van der Waals surface area (Å²) in [5.41, 5.74) is 1.00. The van der Waals surface area contributed by atoms with Gasteiger partial charge in [0.1, 0.15) is 6.54 Å². The molecule has 110 valence electrons. The maximum Gasteiger partial charge on any atom is 0.244 e. The summed E-state index contributed by atoms with van der Waals surface area (Å²) in [4.78, 5) is 14.6. The van der Waals surface area contributed by atoms with E-state index < -0.39 is 0 Å². The van der Waals surface area contributed by atoms with Crippen LogP contribution < -0.4 is 5.32 Å². The van der Waals surface area contributed by atoms with Gasteiger partial charge in [0.2, 0.25) is 5.91 Å². The van der Waals surface area contributed by atoms with Crippen LogP contribution in [0.15, 0.2) is 30.5 Å². The van der Waals surface area contributed by atoms with Crippen molar-refractivity contribution in [1.82, 2.24) is 20.0 Å². The Labute approximate surface area is 122 Å². The molecule has 1 aromatic carbocycles. The quantitative estimate of drug-likeness (QED) is 0.859. The minimum atomic E-state index is 0.117. The normalized spacial score (nSPS) is 25.2. The molecule has 0 radical (unpaired) electrons. The van der Waals surface area contributed by atoms with E-state index in [4.69, 9.17) is 4.74 Å². The number of aromatic nitrogens is 2. The highest BCUT2D eigenvalue weighted by Gasteiger charge is 2.38. The Morgan fingerprint density at radius 1 is 1.38 bits per heavy atom. The first kappa shape index (κ1) is 12.8. The van der Waals surface area contributed by atoms with E-state index in [-0.39, 0.29) is 24.6 Å². The number of rotatable bonds is 2. The molecule has 2 aliphatic rings. The van der Waals surface area contributed by atoms with Gasteiger partial charge in [-0.2, -0.15) is 5.10 Å². The number of morpholine rings is 1. The van der Waals surface area contributed by atoms with Crippen LogP contribution >= 0.6 is 0 Å². The molecule has 0 aliphatic carbocycles. The maximum absolute atomic E-state index is 12.6. The molecule has 2 saturated heterocycles. The van der Waals surface area contributed by atoms with Gasteiger partial charge in [0, 0.05) is 25.0 Å². The van der Waals surface area contributed by atoms with Crippen molar-refractivity contribution < 1.29 is 9.53 Å². The smallest absolute Gasteiger partial charge is 0.244 e. The second kappa shape index (κ2) is 5.13. The molecule has 1 aromatic heterocycles. The number of fused-ring (bicyclic) bond motifs is 2. The number of hydrogen-bond donors (Lipinski definition) is 1. The molecule has 1 amide bonds. The van der Waals surface area contributed by atoms with Crippen molar-refractivity contribution >= 4 is 16.8 Å². The van der Waals surface area contributed by atoms with Crippen LogP contribution in [-0.2, 0) is 16.1 Å². The fourth-order valence-electron chi connectivity index (χ4n) is 3.27. The Balaban J connectivity index is 1.55. The standard InChI is InChI=1S/C15H18N4O2/c20-15(18-5-6-21-14-9-16-8-13(14)18)10-19-12-4-2-1-3-11(12)7-17-19/h1-4,7,13-14,16H,5-6,8-10H2/t13-,14+/m1/s1. The molecule has 2 aliphatic heterocycles. The number of amides is 1. The molecule has 0 saturated carbocycles. The lowest BCUT2D eigenvalue weighted by Crippen LogP contribution is -2.54. The maximum atomic E-state index is 12.6. The molecule has 21 heavy (non-hydrogen) atoms. The highest BCUT2D eigenvalue weighted by Crippen LogP contribution is 2.19. The summed E-state index contributed by atoms with van der Waals surface area (Å²) in [6.07, 6.45) is 1.94. The van der Waals surface area contributed by atoms with Gasteiger partial charge in [-0.05, 0) is 6.07 Å². The van der Waals surface area contributed by atoms with Crippen LogP contribution in [-0.4, -0.2) is 59.0 Å². The van der Waals surface area contributed by atoms with Gasteiger partial charge in [-0.15, -0.1) is 0 Å². The number of para-hydroxylation sites is 1. The topological polar surface area (TPSA) is 59.4 Å². The van der Waals surface area contributed by atoms with Gasteiger partial charge in [0.05, 0.1) is 30.5 Å². The molecule has 0 unspecified atom stereocenters. The van der Waals surface area contributed by atoms with E-state index >= 15 is 0 Å². The summed E-state index contributed by atoms with van der Waals surface area (Å²) in [5, 5.41) is 8.70. The summed E-state index contributed by atoms with van der Waals surface area (Å²) in [6, 6.07) is 8.11. The number of nitrogens with one attached hydrogen (secondary N) is 1. The molecule has 2 atom stereocenters. The van der Waals surface area contributed by atoms with Crippen LogP contribution in [0.25, 0.3) is 10.9 Å². The fraction of sp³-hybridized carbons (Fsp3) is 0.467. The number of carbonyl (C=O) groups is 1. The summed E-state index contributed by atoms with van der Waals surface area (Å²) < 4.78 is 7.49. The van der Waals surface area contributed by atoms with E-state index in [0.29, 0.717) is 13.2 Å². The Hall–Kier alpha value is -1.92. The first-order chi connectivity index (χ1) is 10.3. The van der Waals surface area contributed by atoms with Crippen LogP contribution in [0.4, 0.5) is 0 Å². The van der Waals surface area contributed by atoms with Gasteiger partial charge in [-0.3, -0.25) is 9.48 Å². The Kier molecular flexibility index (Phi) is 3.12. The van der Waals surface area contributed by atoms with Gasteiger partial charge in [-0.25, -0.2) is 0 Å². The van der Waals surface area contributed by atoms with Crippen molar-refractivity contribution in [2.45, 2.75) is 18.7 Å². The number of carbonyl (C=O) groups excluding carboxylic acids is 1. The molecular weight excluding hydrogens is 268 g/mol. The average Bonchev–Trinajstić information content (AvgIpc) is 3.14. The van der Waals surface area contributed by atoms with Crippen molar-refractivity contribution in [3.63, 3.8) is 0 Å². The predicted octanol–water partition coefficient (Wildman–Crippen LogP) is 0.235. The molecule has 0 spiro atoms. The lowest BCUT2D eigenvalue weighted by molar-refractivity contribution is -0.143. The highest BCUT2D eigenvalue weighted by molar-refractivity contribution is 5.82. The Morgan fingerprint density at radius 3 is 3.24 bits per heavy atom. The number of ether oxygens (including phenoxy) is 1. The van der Waals surface area contributed by atoms with Gasteiger partial charge in [-0.1, -0.05) is 18.2 Å². The summed E-state index contributed by atoms with van der Waals surface area (Å²) in [5.74, 6) is 0.117. The first-order valence-electron chi connectivity index (χ1n) is 7.35. The van der Waals surface area contributed by atoms with E-state index in [1.54, 1.807) is 4.68 Å². The van der Waals surface area contributed by atoms with Crippen LogP contribution in [0.2, 0.25) is 0 Å². The van der Waals surface area contributed by atoms with E-state index in [2.05, 4.69) is 10.4 Å². The SMILES string of the molecule is O=C(Cn1ncc2ccccc21)N1CCO[C@H]2CNC[C@H]21. The number of benzene rings is 1. The number of nitrogens with zero attached hydrogens (tertiary/aromatic N) is 3. The second-order valence-electron chi connectivity index (χ2n) is 5.58. The van der Waals surface area contributed by atoms with Crippen molar-refractivity contribution in [1.29, 1.82) is 0 Å². The van der Waals surface area contributed by atoms with Crippen molar-refractivity contribution in [3.05, 3.63) is 30.5 Å². The average molecular weight is 286 g/mol. The van der Waals surface area contributed by atoms with Crippen LogP contribution in [0.5, 0.6) is 0 Å². The third-order valence-electron chi connectivity index (χ3n) is 4.35. The lowest BCUT2D eigenvalue weighted by atomic mass is 10.1. The van der Waals surface area contributed by atoms with E-state index in [1.165, 1.54) is 0 Å². The summed E-state index contributed by atoms with van der Waals surface area (Å²) >= 11 is 0. The van der Waals surface area contributed by atoms with E-state index in [9.17, 15) is 4.79 Å². The zero-order valence-electron chi connectivity index (χ0n) is 11.7. The Bertz CT molecular complexity index is 668. The monoisotopic (exact) mass is 286 g/mol. The molecule has 3 heterocycles. The molecule has 2 fully saturated rings. The third kappa shape index (κ3) is 2.20. The second-order valence-corrected chi connectivity index (χ2v) is 5.58. The minimum Gasteiger partial charge on any atom is -0.373 e. The molecule has 2 aromatic rings. The first-order valence-corrected chi connectivity index (χ1v) is 7.35. The van der Waals surface area contributed by atoms with Crippen LogP contribution in [0, 0.1) is 0 Å². The molecule has 4 rings (SSSR count). The molecule has 0 bridgehead atoms. The molecular formula is C15H18N4O2. The molecule has 1 N–H and O–H groups in total. The molecule has 6 heteroatoms. The van der Waals surface area contributed by atoms with Crippen LogP contribution in [0.1, 0.15) is 0 Å². The van der Waals surface area contributed by atoms with E-state index in [1.807, 2.05) is 35.4 Å².